The molecule has 0 N–H and O–H groups in total. The first-order valence-electron chi connectivity index (χ1n) is 8.95. The third-order valence-corrected chi connectivity index (χ3v) is 4.91. The van der Waals surface area contributed by atoms with E-state index >= 15 is 0 Å². The van der Waals surface area contributed by atoms with Gasteiger partial charge in [-0.2, -0.15) is 0 Å². The van der Waals surface area contributed by atoms with E-state index in [1.807, 2.05) is 6.07 Å². The van der Waals surface area contributed by atoms with Crippen LogP contribution in [0.1, 0.15) is 18.5 Å². The number of hydrogen-bond donors (Lipinski definition) is 0. The van der Waals surface area contributed by atoms with Crippen LogP contribution in [0, 0.1) is 0 Å². The lowest BCUT2D eigenvalue weighted by Gasteiger charge is -2.19. The first-order valence-corrected chi connectivity index (χ1v) is 8.95. The van der Waals surface area contributed by atoms with Gasteiger partial charge in [0.15, 0.2) is 0 Å². The number of anilines is 1. The maximum Gasteiger partial charge on any atom is 0.141 e. The number of rotatable bonds is 4. The SMILES string of the molecule is C[C@@H](c1ccccc1)n1c(-c2ccc(N(C)C)cc2)nc2ccccc21. The number of imidazole rings is 1. The molecule has 0 unspecified atom stereocenters. The van der Waals surface area contributed by atoms with Crippen LogP contribution in [-0.4, -0.2) is 23.6 Å². The van der Waals surface area contributed by atoms with Crippen LogP contribution in [0.5, 0.6) is 0 Å². The van der Waals surface area contributed by atoms with Gasteiger partial charge < -0.3 is 9.47 Å². The Morgan fingerprint density at radius 3 is 2.15 bits per heavy atom. The topological polar surface area (TPSA) is 21.1 Å². The van der Waals surface area contributed by atoms with E-state index in [1.165, 1.54) is 11.3 Å². The highest BCUT2D eigenvalue weighted by molar-refractivity contribution is 5.81. The molecule has 3 aromatic carbocycles. The minimum Gasteiger partial charge on any atom is -0.378 e. The Morgan fingerprint density at radius 2 is 1.46 bits per heavy atom. The molecular formula is C23H23N3. The first kappa shape index (κ1) is 16.4. The lowest BCUT2D eigenvalue weighted by atomic mass is 10.1. The van der Waals surface area contributed by atoms with Crippen LogP contribution in [0.2, 0.25) is 0 Å². The number of para-hydroxylation sites is 2. The van der Waals surface area contributed by atoms with Crippen LogP contribution in [0.25, 0.3) is 22.4 Å². The molecule has 0 aliphatic carbocycles. The summed E-state index contributed by atoms with van der Waals surface area (Å²) in [6.45, 7) is 2.24. The summed E-state index contributed by atoms with van der Waals surface area (Å²) in [6.07, 6.45) is 0. The predicted octanol–water partition coefficient (Wildman–Crippen LogP) is 5.38. The Balaban J connectivity index is 1.89. The number of hydrogen-bond acceptors (Lipinski definition) is 2. The van der Waals surface area contributed by atoms with Gasteiger partial charge in [-0.05, 0) is 48.9 Å². The van der Waals surface area contributed by atoms with Gasteiger partial charge in [-0.15, -0.1) is 0 Å². The molecule has 0 amide bonds. The summed E-state index contributed by atoms with van der Waals surface area (Å²) in [5.41, 5.74) is 5.79. The molecule has 0 fully saturated rings. The quantitative estimate of drug-likeness (QED) is 0.497. The lowest BCUT2D eigenvalue weighted by molar-refractivity contribution is 0.665. The summed E-state index contributed by atoms with van der Waals surface area (Å²) in [6, 6.07) is 27.8. The third kappa shape index (κ3) is 2.86. The van der Waals surface area contributed by atoms with Crippen molar-refractivity contribution in [3.8, 4) is 11.4 Å². The van der Waals surface area contributed by atoms with E-state index < -0.39 is 0 Å². The van der Waals surface area contributed by atoms with Gasteiger partial charge in [0.2, 0.25) is 0 Å². The molecule has 0 saturated heterocycles. The second-order valence-corrected chi connectivity index (χ2v) is 6.82. The molecule has 4 aromatic rings. The van der Waals surface area contributed by atoms with Crippen LogP contribution >= 0.6 is 0 Å². The van der Waals surface area contributed by atoms with Crippen LogP contribution < -0.4 is 4.90 Å². The molecule has 0 aliphatic heterocycles. The van der Waals surface area contributed by atoms with Crippen LogP contribution in [-0.2, 0) is 0 Å². The fourth-order valence-electron chi connectivity index (χ4n) is 3.43. The molecule has 0 bridgehead atoms. The maximum absolute atomic E-state index is 4.95. The van der Waals surface area contributed by atoms with Crippen molar-refractivity contribution in [2.75, 3.05) is 19.0 Å². The minimum atomic E-state index is 0.201. The number of nitrogens with zero attached hydrogens (tertiary/aromatic N) is 3. The zero-order chi connectivity index (χ0) is 18.1. The summed E-state index contributed by atoms with van der Waals surface area (Å²) in [7, 11) is 4.11. The summed E-state index contributed by atoms with van der Waals surface area (Å²) in [5, 5.41) is 0. The van der Waals surface area contributed by atoms with Gasteiger partial charge in [-0.25, -0.2) is 4.98 Å². The molecule has 0 aliphatic rings. The van der Waals surface area contributed by atoms with Gasteiger partial charge in [0.05, 0.1) is 17.1 Å². The molecule has 3 nitrogen and oxygen atoms in total. The average Bonchev–Trinajstić information content (AvgIpc) is 3.07. The van der Waals surface area contributed by atoms with E-state index in [-0.39, 0.29) is 6.04 Å². The first-order chi connectivity index (χ1) is 12.6. The second-order valence-electron chi connectivity index (χ2n) is 6.82. The van der Waals surface area contributed by atoms with E-state index in [2.05, 4.69) is 103 Å². The molecule has 0 radical (unpaired) electrons. The fourth-order valence-corrected chi connectivity index (χ4v) is 3.43. The van der Waals surface area contributed by atoms with Crippen LogP contribution in [0.3, 0.4) is 0 Å². The van der Waals surface area contributed by atoms with Crippen LogP contribution in [0.4, 0.5) is 5.69 Å². The summed E-state index contributed by atoms with van der Waals surface area (Å²) >= 11 is 0. The highest BCUT2D eigenvalue weighted by Crippen LogP contribution is 2.32. The highest BCUT2D eigenvalue weighted by Gasteiger charge is 2.18. The fraction of sp³-hybridized carbons (Fsp3) is 0.174. The molecule has 130 valence electrons. The summed E-state index contributed by atoms with van der Waals surface area (Å²) in [4.78, 5) is 7.06. The molecule has 0 saturated carbocycles. The van der Waals surface area contributed by atoms with E-state index in [0.717, 1.165) is 22.4 Å². The predicted molar refractivity (Wildman–Crippen MR) is 110 cm³/mol. The Morgan fingerprint density at radius 1 is 0.808 bits per heavy atom. The van der Waals surface area contributed by atoms with E-state index in [9.17, 15) is 0 Å². The Labute approximate surface area is 154 Å². The Kier molecular flexibility index (Phi) is 4.21. The number of aromatic nitrogens is 2. The van der Waals surface area contributed by atoms with Gasteiger partial charge in [0.1, 0.15) is 5.82 Å². The Bertz CT molecular complexity index is 1010. The van der Waals surface area contributed by atoms with Crippen molar-refractivity contribution in [2.45, 2.75) is 13.0 Å². The second kappa shape index (κ2) is 6.68. The highest BCUT2D eigenvalue weighted by atomic mass is 15.1. The Hall–Kier alpha value is -3.07. The van der Waals surface area contributed by atoms with Crippen molar-refractivity contribution in [1.29, 1.82) is 0 Å². The van der Waals surface area contributed by atoms with Crippen molar-refractivity contribution in [3.05, 3.63) is 84.4 Å². The molecule has 3 heteroatoms. The van der Waals surface area contributed by atoms with Gasteiger partial charge in [0.25, 0.3) is 0 Å². The van der Waals surface area contributed by atoms with Crippen molar-refractivity contribution in [2.24, 2.45) is 0 Å². The molecule has 26 heavy (non-hydrogen) atoms. The zero-order valence-electron chi connectivity index (χ0n) is 15.4. The van der Waals surface area contributed by atoms with Crippen molar-refractivity contribution >= 4 is 16.7 Å². The lowest BCUT2D eigenvalue weighted by Crippen LogP contribution is -2.09. The molecule has 1 heterocycles. The normalized spacial score (nSPS) is 12.3. The summed E-state index contributed by atoms with van der Waals surface area (Å²) in [5.74, 6) is 1.01. The number of benzene rings is 3. The van der Waals surface area contributed by atoms with Crippen molar-refractivity contribution in [3.63, 3.8) is 0 Å². The molecular weight excluding hydrogens is 318 g/mol. The van der Waals surface area contributed by atoms with E-state index in [1.54, 1.807) is 0 Å². The monoisotopic (exact) mass is 341 g/mol. The standard InChI is InChI=1S/C23H23N3/c1-17(18-9-5-4-6-10-18)26-22-12-8-7-11-21(22)24-23(26)19-13-15-20(16-14-19)25(2)3/h4-17H,1-3H3/t17-/m0/s1. The molecule has 1 atom stereocenters. The third-order valence-electron chi connectivity index (χ3n) is 4.91. The van der Waals surface area contributed by atoms with Crippen molar-refractivity contribution < 1.29 is 0 Å². The average molecular weight is 341 g/mol. The number of fused-ring (bicyclic) bond motifs is 1. The molecule has 4 rings (SSSR count). The summed E-state index contributed by atoms with van der Waals surface area (Å²) < 4.78 is 2.34. The maximum atomic E-state index is 4.95. The van der Waals surface area contributed by atoms with Crippen molar-refractivity contribution in [1.82, 2.24) is 9.55 Å². The minimum absolute atomic E-state index is 0.201. The van der Waals surface area contributed by atoms with E-state index in [4.69, 9.17) is 4.98 Å². The van der Waals surface area contributed by atoms with Gasteiger partial charge in [-0.1, -0.05) is 42.5 Å². The van der Waals surface area contributed by atoms with Gasteiger partial charge in [0, 0.05) is 25.3 Å². The zero-order valence-corrected chi connectivity index (χ0v) is 15.4. The van der Waals surface area contributed by atoms with Gasteiger partial charge in [-0.3, -0.25) is 0 Å². The van der Waals surface area contributed by atoms with E-state index in [0.29, 0.717) is 0 Å². The molecule has 0 spiro atoms. The largest absolute Gasteiger partial charge is 0.378 e. The smallest absolute Gasteiger partial charge is 0.141 e. The van der Waals surface area contributed by atoms with Crippen LogP contribution in [0.15, 0.2) is 78.9 Å². The molecule has 1 aromatic heterocycles. The van der Waals surface area contributed by atoms with Gasteiger partial charge >= 0.3 is 0 Å².